The molecule has 0 aliphatic carbocycles. The molecule has 0 saturated carbocycles. The Labute approximate surface area is 119 Å². The number of ether oxygens (including phenoxy) is 1. The van der Waals surface area contributed by atoms with Gasteiger partial charge in [0.05, 0.1) is 12.6 Å². The van der Waals surface area contributed by atoms with E-state index in [1.807, 2.05) is 0 Å². The van der Waals surface area contributed by atoms with E-state index in [4.69, 9.17) is 19.6 Å². The molecule has 0 fully saturated rings. The van der Waals surface area contributed by atoms with Crippen molar-refractivity contribution in [2.24, 2.45) is 0 Å². The smallest absolute Gasteiger partial charge is 0.390 e. The Morgan fingerprint density at radius 2 is 2.05 bits per heavy atom. The first-order valence-corrected chi connectivity index (χ1v) is 7.56. The Morgan fingerprint density at radius 3 is 2.48 bits per heavy atom. The minimum absolute atomic E-state index is 0.591. The Kier molecular flexibility index (Phi) is 5.88. The van der Waals surface area contributed by atoms with Crippen LogP contribution in [-0.4, -0.2) is 73.2 Å². The molecule has 0 saturated heterocycles. The summed E-state index contributed by atoms with van der Waals surface area (Å²) in [5, 5.41) is 40.2. The summed E-state index contributed by atoms with van der Waals surface area (Å²) in [6.45, 7) is 0.277. The van der Waals surface area contributed by atoms with E-state index in [1.54, 1.807) is 0 Å². The number of carbonyl (C=O) groups excluding carboxylic acids is 1. The second-order valence-electron chi connectivity index (χ2n) is 4.59. The summed E-state index contributed by atoms with van der Waals surface area (Å²) < 4.78 is 16.1. The molecular formula is C10H18NO9P. The number of hydrogen-bond donors (Lipinski definition) is 7. The van der Waals surface area contributed by atoms with Crippen LogP contribution in [0.4, 0.5) is 0 Å². The lowest BCUT2D eigenvalue weighted by molar-refractivity contribution is -0.130. The molecular weight excluding hydrogens is 309 g/mol. The van der Waals surface area contributed by atoms with Gasteiger partial charge < -0.3 is 40.3 Å². The standard InChI is InChI=1S/C10H18NO9P/c1-4(13)11-8-5(14)2-7(21(17,18)19)20-10(8)9(16)6(15)3-12/h2,5-6,8-10,12,14-16H,3H2,1H3,(H,11,13)(H2,17,18,19)/t5-,6+,8+,9+,10+/m0/s1. The summed E-state index contributed by atoms with van der Waals surface area (Å²) in [6.07, 6.45) is -5.88. The van der Waals surface area contributed by atoms with Gasteiger partial charge in [-0.1, -0.05) is 0 Å². The lowest BCUT2D eigenvalue weighted by Crippen LogP contribution is -2.59. The topological polar surface area (TPSA) is 177 Å². The molecule has 0 spiro atoms. The molecule has 0 unspecified atom stereocenters. The van der Waals surface area contributed by atoms with Crippen molar-refractivity contribution in [3.8, 4) is 0 Å². The van der Waals surface area contributed by atoms with Crippen molar-refractivity contribution in [3.05, 3.63) is 11.6 Å². The average Bonchev–Trinajstić information content (AvgIpc) is 2.37. The minimum atomic E-state index is -4.84. The average molecular weight is 327 g/mol. The summed E-state index contributed by atoms with van der Waals surface area (Å²) in [5.74, 6) is -0.591. The van der Waals surface area contributed by atoms with Gasteiger partial charge in [0.1, 0.15) is 18.3 Å². The van der Waals surface area contributed by atoms with Crippen molar-refractivity contribution in [2.45, 2.75) is 37.4 Å². The van der Waals surface area contributed by atoms with Gasteiger partial charge in [-0.3, -0.25) is 9.36 Å². The van der Waals surface area contributed by atoms with E-state index in [-0.39, 0.29) is 0 Å². The number of amides is 1. The minimum Gasteiger partial charge on any atom is -0.477 e. The van der Waals surface area contributed by atoms with Crippen LogP contribution in [0.5, 0.6) is 0 Å². The van der Waals surface area contributed by atoms with Crippen LogP contribution in [0.2, 0.25) is 0 Å². The van der Waals surface area contributed by atoms with E-state index < -0.39 is 56.1 Å². The van der Waals surface area contributed by atoms with Crippen molar-refractivity contribution in [2.75, 3.05) is 6.61 Å². The zero-order chi connectivity index (χ0) is 16.4. The number of aliphatic hydroxyl groups excluding tert-OH is 4. The van der Waals surface area contributed by atoms with Crippen LogP contribution >= 0.6 is 7.60 Å². The van der Waals surface area contributed by atoms with Crippen LogP contribution in [0.15, 0.2) is 11.6 Å². The van der Waals surface area contributed by atoms with Crippen molar-refractivity contribution in [1.29, 1.82) is 0 Å². The van der Waals surface area contributed by atoms with Gasteiger partial charge in [-0.15, -0.1) is 0 Å². The molecule has 1 aliphatic heterocycles. The molecule has 0 aromatic rings. The highest BCUT2D eigenvalue weighted by atomic mass is 31.2. The third-order valence-corrected chi connectivity index (χ3v) is 3.70. The first kappa shape index (κ1) is 18.1. The van der Waals surface area contributed by atoms with Crippen LogP contribution in [0, 0.1) is 0 Å². The van der Waals surface area contributed by atoms with Gasteiger partial charge in [0.25, 0.3) is 0 Å². The van der Waals surface area contributed by atoms with E-state index >= 15 is 0 Å². The number of hydrogen-bond acceptors (Lipinski definition) is 7. The second-order valence-corrected chi connectivity index (χ2v) is 6.12. The Balaban J connectivity index is 3.12. The van der Waals surface area contributed by atoms with Crippen LogP contribution in [0.25, 0.3) is 0 Å². The highest BCUT2D eigenvalue weighted by Gasteiger charge is 2.44. The molecule has 10 nitrogen and oxygen atoms in total. The molecule has 0 aromatic carbocycles. The summed E-state index contributed by atoms with van der Waals surface area (Å²) in [7, 11) is -4.84. The second kappa shape index (κ2) is 6.84. The van der Waals surface area contributed by atoms with Crippen LogP contribution in [-0.2, 0) is 14.1 Å². The van der Waals surface area contributed by atoms with Crippen LogP contribution in [0.1, 0.15) is 6.92 Å². The van der Waals surface area contributed by atoms with Crippen LogP contribution in [0.3, 0.4) is 0 Å². The van der Waals surface area contributed by atoms with E-state index in [9.17, 15) is 24.7 Å². The number of carbonyl (C=O) groups is 1. The largest absolute Gasteiger partial charge is 0.477 e. The Bertz CT molecular complexity index is 461. The number of aliphatic hydroxyl groups is 4. The maximum Gasteiger partial charge on any atom is 0.390 e. The predicted octanol–water partition coefficient (Wildman–Crippen LogP) is -3.02. The molecule has 1 amide bonds. The van der Waals surface area contributed by atoms with Gasteiger partial charge in [0.2, 0.25) is 11.4 Å². The van der Waals surface area contributed by atoms with Gasteiger partial charge >= 0.3 is 7.60 Å². The molecule has 7 N–H and O–H groups in total. The van der Waals surface area contributed by atoms with E-state index in [0.29, 0.717) is 0 Å². The molecule has 11 heteroatoms. The molecule has 1 aliphatic rings. The molecule has 21 heavy (non-hydrogen) atoms. The fraction of sp³-hybridized carbons (Fsp3) is 0.700. The van der Waals surface area contributed by atoms with E-state index in [0.717, 1.165) is 13.0 Å². The Hall–Kier alpha value is -1.00. The molecule has 5 atom stereocenters. The predicted molar refractivity (Wildman–Crippen MR) is 67.7 cm³/mol. The molecule has 0 bridgehead atoms. The van der Waals surface area contributed by atoms with Gasteiger partial charge in [-0.2, -0.15) is 0 Å². The number of rotatable bonds is 5. The van der Waals surface area contributed by atoms with Crippen molar-refractivity contribution < 1.29 is 44.3 Å². The zero-order valence-electron chi connectivity index (χ0n) is 11.0. The van der Waals surface area contributed by atoms with E-state index in [2.05, 4.69) is 5.32 Å². The van der Waals surface area contributed by atoms with Crippen molar-refractivity contribution in [3.63, 3.8) is 0 Å². The third-order valence-electron chi connectivity index (χ3n) is 2.87. The quantitative estimate of drug-likeness (QED) is 0.259. The number of nitrogens with one attached hydrogen (secondary N) is 1. The van der Waals surface area contributed by atoms with Gasteiger partial charge in [-0.05, 0) is 6.08 Å². The molecule has 122 valence electrons. The highest BCUT2D eigenvalue weighted by molar-refractivity contribution is 7.56. The lowest BCUT2D eigenvalue weighted by Gasteiger charge is -2.38. The highest BCUT2D eigenvalue weighted by Crippen LogP contribution is 2.48. The first-order valence-electron chi connectivity index (χ1n) is 5.94. The normalized spacial score (nSPS) is 29.1. The zero-order valence-corrected chi connectivity index (χ0v) is 11.9. The van der Waals surface area contributed by atoms with Crippen molar-refractivity contribution in [1.82, 2.24) is 5.32 Å². The maximum atomic E-state index is 11.2. The monoisotopic (exact) mass is 327 g/mol. The fourth-order valence-electron chi connectivity index (χ4n) is 1.87. The molecule has 1 rings (SSSR count). The van der Waals surface area contributed by atoms with Gasteiger partial charge in [0, 0.05) is 6.92 Å². The lowest BCUT2D eigenvalue weighted by atomic mass is 9.95. The van der Waals surface area contributed by atoms with Gasteiger partial charge in [-0.25, -0.2) is 0 Å². The summed E-state index contributed by atoms with van der Waals surface area (Å²) in [4.78, 5) is 29.2. The van der Waals surface area contributed by atoms with Crippen molar-refractivity contribution >= 4 is 13.5 Å². The maximum absolute atomic E-state index is 11.2. The molecule has 1 heterocycles. The summed E-state index contributed by atoms with van der Waals surface area (Å²) in [6, 6.07) is -1.26. The summed E-state index contributed by atoms with van der Waals surface area (Å²) >= 11 is 0. The molecule has 0 aromatic heterocycles. The van der Waals surface area contributed by atoms with E-state index in [1.165, 1.54) is 0 Å². The Morgan fingerprint density at radius 1 is 1.48 bits per heavy atom. The summed E-state index contributed by atoms with van der Waals surface area (Å²) in [5.41, 5.74) is -0.884. The van der Waals surface area contributed by atoms with Gasteiger partial charge in [0.15, 0.2) is 6.10 Å². The SMILES string of the molecule is CC(=O)N[C@H]1[C@H]([C@H](O)[C@H](O)CO)OC(P(=O)(O)O)=C[C@@H]1O. The third kappa shape index (κ3) is 4.48. The fourth-order valence-corrected chi connectivity index (χ4v) is 2.48. The van der Waals surface area contributed by atoms with Crippen LogP contribution < -0.4 is 5.32 Å². The molecule has 0 radical (unpaired) electrons. The first-order chi connectivity index (χ1) is 9.57.